The topological polar surface area (TPSA) is 30.7 Å². The molecule has 110 valence electrons. The molecule has 20 heavy (non-hydrogen) atoms. The molecular weight excluding hydrogens is 290 g/mol. The van der Waals surface area contributed by atoms with E-state index in [0.29, 0.717) is 5.88 Å². The molecule has 2 heterocycles. The Kier molecular flexibility index (Phi) is 6.17. The molecule has 0 aromatic carbocycles. The maximum Gasteiger partial charge on any atom is 0.160 e. The number of pyridine rings is 1. The van der Waals surface area contributed by atoms with Gasteiger partial charge in [0, 0.05) is 12.7 Å². The van der Waals surface area contributed by atoms with Crippen LogP contribution in [0.2, 0.25) is 0 Å². The van der Waals surface area contributed by atoms with Gasteiger partial charge in [-0.05, 0) is 43.4 Å². The van der Waals surface area contributed by atoms with E-state index in [0.717, 1.165) is 23.5 Å². The molecular formula is C15H22ClN3S. The first-order valence-corrected chi connectivity index (χ1v) is 9.06. The number of hydrogen-bond acceptors (Lipinski definition) is 3. The van der Waals surface area contributed by atoms with Crippen LogP contribution in [0.25, 0.3) is 11.2 Å². The van der Waals surface area contributed by atoms with E-state index < -0.39 is 0 Å². The van der Waals surface area contributed by atoms with Crippen LogP contribution in [0.15, 0.2) is 12.3 Å². The summed E-state index contributed by atoms with van der Waals surface area (Å²) >= 11 is 7.95. The maximum atomic E-state index is 6.02. The molecule has 3 nitrogen and oxygen atoms in total. The fraction of sp³-hybridized carbons (Fsp3) is 0.600. The first-order valence-electron chi connectivity index (χ1n) is 7.13. The van der Waals surface area contributed by atoms with Crippen LogP contribution in [-0.2, 0) is 12.4 Å². The van der Waals surface area contributed by atoms with Crippen molar-refractivity contribution in [3.05, 3.63) is 23.7 Å². The average Bonchev–Trinajstić information content (AvgIpc) is 2.82. The smallest absolute Gasteiger partial charge is 0.160 e. The van der Waals surface area contributed by atoms with Crippen LogP contribution >= 0.6 is 23.4 Å². The van der Waals surface area contributed by atoms with Gasteiger partial charge >= 0.3 is 0 Å². The fourth-order valence-corrected chi connectivity index (χ4v) is 3.09. The van der Waals surface area contributed by atoms with Crippen molar-refractivity contribution in [1.29, 1.82) is 0 Å². The summed E-state index contributed by atoms with van der Waals surface area (Å²) in [6, 6.07) is 2.00. The van der Waals surface area contributed by atoms with Crippen molar-refractivity contribution in [2.75, 3.05) is 12.0 Å². The molecule has 0 aliphatic carbocycles. The predicted molar refractivity (Wildman–Crippen MR) is 88.7 cm³/mol. The highest BCUT2D eigenvalue weighted by molar-refractivity contribution is 7.98. The Bertz CT molecular complexity index is 553. The Hall–Kier alpha value is -0.740. The van der Waals surface area contributed by atoms with E-state index in [4.69, 9.17) is 11.6 Å². The highest BCUT2D eigenvalue weighted by atomic mass is 35.5. The number of halogens is 1. The lowest BCUT2D eigenvalue weighted by atomic mass is 10.2. The van der Waals surface area contributed by atoms with Gasteiger partial charge in [-0.3, -0.25) is 0 Å². The van der Waals surface area contributed by atoms with E-state index in [1.807, 2.05) is 24.0 Å². The Balaban J connectivity index is 2.03. The first-order chi connectivity index (χ1) is 9.77. The zero-order chi connectivity index (χ0) is 14.4. The standard InChI is InChI=1S/C15H22ClN3S/c1-12-7-8-17-15-14(12)18-13(11-16)19(15)9-5-3-4-6-10-20-2/h7-8H,3-6,9-11H2,1-2H3. The van der Waals surface area contributed by atoms with Crippen molar-refractivity contribution >= 4 is 34.5 Å². The summed E-state index contributed by atoms with van der Waals surface area (Å²) in [5, 5.41) is 0. The van der Waals surface area contributed by atoms with Crippen LogP contribution in [0, 0.1) is 6.92 Å². The van der Waals surface area contributed by atoms with E-state index in [-0.39, 0.29) is 0 Å². The van der Waals surface area contributed by atoms with Crippen molar-refractivity contribution in [3.63, 3.8) is 0 Å². The number of nitrogens with zero attached hydrogens (tertiary/aromatic N) is 3. The third-order valence-corrected chi connectivity index (χ3v) is 4.45. The summed E-state index contributed by atoms with van der Waals surface area (Å²) in [5.41, 5.74) is 3.13. The molecule has 0 amide bonds. The van der Waals surface area contributed by atoms with Gasteiger partial charge in [0.25, 0.3) is 0 Å². The summed E-state index contributed by atoms with van der Waals surface area (Å²) in [6.45, 7) is 3.04. The van der Waals surface area contributed by atoms with Crippen molar-refractivity contribution in [1.82, 2.24) is 14.5 Å². The zero-order valence-corrected chi connectivity index (χ0v) is 13.8. The number of thioether (sulfide) groups is 1. The maximum absolute atomic E-state index is 6.02. The van der Waals surface area contributed by atoms with E-state index >= 15 is 0 Å². The largest absolute Gasteiger partial charge is 0.312 e. The number of fused-ring (bicyclic) bond motifs is 1. The van der Waals surface area contributed by atoms with Gasteiger partial charge in [-0.15, -0.1) is 11.6 Å². The van der Waals surface area contributed by atoms with Crippen molar-refractivity contribution < 1.29 is 0 Å². The summed E-state index contributed by atoms with van der Waals surface area (Å²) in [5.74, 6) is 2.65. The molecule has 0 unspecified atom stereocenters. The monoisotopic (exact) mass is 311 g/mol. The lowest BCUT2D eigenvalue weighted by molar-refractivity contribution is 0.580. The number of alkyl halides is 1. The summed E-state index contributed by atoms with van der Waals surface area (Å²) in [7, 11) is 0. The Morgan fingerprint density at radius 3 is 2.80 bits per heavy atom. The van der Waals surface area contributed by atoms with Gasteiger partial charge in [0.15, 0.2) is 5.65 Å². The molecule has 0 saturated heterocycles. The van der Waals surface area contributed by atoms with Gasteiger partial charge in [-0.1, -0.05) is 12.8 Å². The van der Waals surface area contributed by atoms with Crippen molar-refractivity contribution in [3.8, 4) is 0 Å². The van der Waals surface area contributed by atoms with Gasteiger partial charge in [-0.25, -0.2) is 9.97 Å². The Morgan fingerprint density at radius 1 is 1.25 bits per heavy atom. The van der Waals surface area contributed by atoms with Gasteiger partial charge in [-0.2, -0.15) is 11.8 Å². The lowest BCUT2D eigenvalue weighted by Gasteiger charge is -2.07. The minimum Gasteiger partial charge on any atom is -0.312 e. The normalized spacial score (nSPS) is 11.3. The molecule has 2 aromatic rings. The average molecular weight is 312 g/mol. The highest BCUT2D eigenvalue weighted by Gasteiger charge is 2.12. The SMILES string of the molecule is CSCCCCCCn1c(CCl)nc2c(C)ccnc21. The molecule has 0 fully saturated rings. The Labute approximate surface area is 130 Å². The van der Waals surface area contributed by atoms with Gasteiger partial charge < -0.3 is 4.57 Å². The highest BCUT2D eigenvalue weighted by Crippen LogP contribution is 2.19. The van der Waals surface area contributed by atoms with E-state index in [1.165, 1.54) is 37.0 Å². The molecule has 2 aromatic heterocycles. The summed E-state index contributed by atoms with van der Waals surface area (Å²) in [4.78, 5) is 9.10. The zero-order valence-electron chi connectivity index (χ0n) is 12.2. The van der Waals surface area contributed by atoms with Crippen LogP contribution in [0.4, 0.5) is 0 Å². The minimum absolute atomic E-state index is 0.447. The van der Waals surface area contributed by atoms with E-state index in [9.17, 15) is 0 Å². The van der Waals surface area contributed by atoms with Gasteiger partial charge in [0.2, 0.25) is 0 Å². The third-order valence-electron chi connectivity index (χ3n) is 3.51. The van der Waals surface area contributed by atoms with Gasteiger partial charge in [0.05, 0.1) is 5.88 Å². The Morgan fingerprint density at radius 2 is 2.05 bits per heavy atom. The summed E-state index contributed by atoms with van der Waals surface area (Å²) in [6.07, 6.45) is 9.06. The molecule has 0 aliphatic rings. The number of imidazole rings is 1. The fourth-order valence-electron chi connectivity index (χ4n) is 2.39. The van der Waals surface area contributed by atoms with Gasteiger partial charge in [0.1, 0.15) is 11.3 Å². The number of hydrogen-bond donors (Lipinski definition) is 0. The second-order valence-corrected chi connectivity index (χ2v) is 6.27. The minimum atomic E-state index is 0.447. The first kappa shape index (κ1) is 15.6. The summed E-state index contributed by atoms with van der Waals surface area (Å²) < 4.78 is 2.18. The molecule has 0 spiro atoms. The number of unbranched alkanes of at least 4 members (excludes halogenated alkanes) is 3. The van der Waals surface area contributed by atoms with E-state index in [1.54, 1.807) is 0 Å². The van der Waals surface area contributed by atoms with Crippen LogP contribution in [0.5, 0.6) is 0 Å². The van der Waals surface area contributed by atoms with Crippen LogP contribution in [0.1, 0.15) is 37.1 Å². The molecule has 5 heteroatoms. The van der Waals surface area contributed by atoms with Crippen LogP contribution in [0.3, 0.4) is 0 Å². The number of aromatic nitrogens is 3. The van der Waals surface area contributed by atoms with Crippen molar-refractivity contribution in [2.24, 2.45) is 0 Å². The molecule has 0 saturated carbocycles. The second-order valence-electron chi connectivity index (χ2n) is 5.02. The number of aryl methyl sites for hydroxylation is 2. The lowest BCUT2D eigenvalue weighted by Crippen LogP contribution is -2.03. The van der Waals surface area contributed by atoms with E-state index in [2.05, 4.69) is 27.7 Å². The molecule has 0 aliphatic heterocycles. The second kappa shape index (κ2) is 7.89. The molecule has 2 rings (SSSR count). The molecule has 0 bridgehead atoms. The third kappa shape index (κ3) is 3.67. The predicted octanol–water partition coefficient (Wildman–Crippen LogP) is 4.40. The molecule has 0 radical (unpaired) electrons. The molecule has 0 N–H and O–H groups in total. The van der Waals surface area contributed by atoms with Crippen molar-refractivity contribution in [2.45, 2.75) is 45.0 Å². The quantitative estimate of drug-likeness (QED) is 0.534. The van der Waals surface area contributed by atoms with Crippen LogP contribution in [-0.4, -0.2) is 26.5 Å². The molecule has 0 atom stereocenters. The number of rotatable bonds is 8. The van der Waals surface area contributed by atoms with Crippen LogP contribution < -0.4 is 0 Å².